The first-order valence-corrected chi connectivity index (χ1v) is 7.91. The standard InChI is InChI=1S/C15H13BrO2S/c1-11-3-2-4-12(9-11)15(17)10-19(18)14-7-5-13(16)6-8-14/h2-9H,10H2,1H3. The Balaban J connectivity index is 2.11. The molecule has 98 valence electrons. The lowest BCUT2D eigenvalue weighted by Gasteiger charge is -2.03. The van der Waals surface area contributed by atoms with Gasteiger partial charge in [-0.15, -0.1) is 0 Å². The molecule has 4 heteroatoms. The van der Waals surface area contributed by atoms with Crippen LogP contribution in [0.15, 0.2) is 57.9 Å². The van der Waals surface area contributed by atoms with Gasteiger partial charge in [-0.25, -0.2) is 0 Å². The van der Waals surface area contributed by atoms with Gasteiger partial charge in [-0.3, -0.25) is 9.00 Å². The Labute approximate surface area is 123 Å². The van der Waals surface area contributed by atoms with E-state index in [2.05, 4.69) is 15.9 Å². The van der Waals surface area contributed by atoms with Crippen molar-refractivity contribution in [1.29, 1.82) is 0 Å². The molecule has 1 unspecified atom stereocenters. The summed E-state index contributed by atoms with van der Waals surface area (Å²) in [4.78, 5) is 12.7. The molecule has 0 heterocycles. The number of ketones is 1. The minimum absolute atomic E-state index is 0.0189. The number of carbonyl (C=O) groups excluding carboxylic acids is 1. The third-order valence-electron chi connectivity index (χ3n) is 2.68. The van der Waals surface area contributed by atoms with Crippen molar-refractivity contribution in [3.05, 3.63) is 64.1 Å². The summed E-state index contributed by atoms with van der Waals surface area (Å²) in [6.07, 6.45) is 0. The Bertz CT molecular complexity index is 620. The summed E-state index contributed by atoms with van der Waals surface area (Å²) in [5, 5.41) is 0. The molecule has 0 radical (unpaired) electrons. The molecule has 0 spiro atoms. The Morgan fingerprint density at radius 1 is 1.16 bits per heavy atom. The van der Waals surface area contributed by atoms with Crippen molar-refractivity contribution in [3.63, 3.8) is 0 Å². The Kier molecular flexibility index (Phi) is 4.66. The summed E-state index contributed by atoms with van der Waals surface area (Å²) in [6, 6.07) is 14.5. The molecule has 0 amide bonds. The molecule has 19 heavy (non-hydrogen) atoms. The molecule has 0 N–H and O–H groups in total. The normalized spacial score (nSPS) is 12.1. The van der Waals surface area contributed by atoms with E-state index in [1.54, 1.807) is 18.2 Å². The van der Waals surface area contributed by atoms with Crippen molar-refractivity contribution >= 4 is 32.5 Å². The Morgan fingerprint density at radius 3 is 2.47 bits per heavy atom. The molecule has 1 atom stereocenters. The zero-order valence-electron chi connectivity index (χ0n) is 10.4. The summed E-state index contributed by atoms with van der Waals surface area (Å²) < 4.78 is 13.0. The quantitative estimate of drug-likeness (QED) is 0.797. The van der Waals surface area contributed by atoms with Gasteiger partial charge in [0.05, 0.1) is 16.6 Å². The van der Waals surface area contributed by atoms with Crippen molar-refractivity contribution in [1.82, 2.24) is 0 Å². The molecule has 0 saturated heterocycles. The van der Waals surface area contributed by atoms with E-state index in [-0.39, 0.29) is 11.5 Å². The summed E-state index contributed by atoms with van der Waals surface area (Å²) in [5.41, 5.74) is 1.64. The molecule has 0 saturated carbocycles. The molecule has 0 aliphatic carbocycles. The van der Waals surface area contributed by atoms with Crippen LogP contribution in [0.25, 0.3) is 0 Å². The van der Waals surface area contributed by atoms with E-state index in [9.17, 15) is 9.00 Å². The van der Waals surface area contributed by atoms with Crippen LogP contribution in [0.2, 0.25) is 0 Å². The van der Waals surface area contributed by atoms with E-state index in [4.69, 9.17) is 0 Å². The van der Waals surface area contributed by atoms with Crippen LogP contribution in [0, 0.1) is 6.92 Å². The number of Topliss-reactive ketones (excluding diaryl/α,β-unsaturated/α-hetero) is 1. The predicted molar refractivity (Wildman–Crippen MR) is 80.9 cm³/mol. The fourth-order valence-electron chi connectivity index (χ4n) is 1.69. The van der Waals surface area contributed by atoms with E-state index in [1.165, 1.54) is 0 Å². The van der Waals surface area contributed by atoms with Crippen LogP contribution in [0.3, 0.4) is 0 Å². The fourth-order valence-corrected chi connectivity index (χ4v) is 2.97. The van der Waals surface area contributed by atoms with E-state index in [0.717, 1.165) is 10.0 Å². The molecule has 2 aromatic carbocycles. The van der Waals surface area contributed by atoms with Gasteiger partial charge in [-0.05, 0) is 37.3 Å². The number of carbonyl (C=O) groups is 1. The maximum atomic E-state index is 12.1. The first-order chi connectivity index (χ1) is 9.06. The van der Waals surface area contributed by atoms with Gasteiger partial charge in [0.2, 0.25) is 0 Å². The average Bonchev–Trinajstić information content (AvgIpc) is 2.39. The zero-order valence-corrected chi connectivity index (χ0v) is 12.8. The van der Waals surface area contributed by atoms with Gasteiger partial charge in [-0.1, -0.05) is 39.7 Å². The van der Waals surface area contributed by atoms with Crippen molar-refractivity contribution in [2.24, 2.45) is 0 Å². The number of hydrogen-bond donors (Lipinski definition) is 0. The predicted octanol–water partition coefficient (Wildman–Crippen LogP) is 3.75. The largest absolute Gasteiger partial charge is 0.293 e. The highest BCUT2D eigenvalue weighted by Crippen LogP contribution is 2.14. The Hall–Kier alpha value is -1.26. The first-order valence-electron chi connectivity index (χ1n) is 5.80. The fraction of sp³-hybridized carbons (Fsp3) is 0.133. The van der Waals surface area contributed by atoms with Gasteiger partial charge in [0.15, 0.2) is 5.78 Å². The molecule has 0 aliphatic rings. The zero-order chi connectivity index (χ0) is 13.8. The van der Waals surface area contributed by atoms with Crippen LogP contribution in [0.5, 0.6) is 0 Å². The second kappa shape index (κ2) is 6.26. The summed E-state index contributed by atoms with van der Waals surface area (Å²) >= 11 is 3.32. The second-order valence-corrected chi connectivity index (χ2v) is 6.60. The number of aryl methyl sites for hydroxylation is 1. The van der Waals surface area contributed by atoms with Crippen LogP contribution in [-0.4, -0.2) is 15.7 Å². The van der Waals surface area contributed by atoms with Gasteiger partial charge < -0.3 is 0 Å². The van der Waals surface area contributed by atoms with Crippen molar-refractivity contribution < 1.29 is 9.00 Å². The van der Waals surface area contributed by atoms with Gasteiger partial charge in [0, 0.05) is 14.9 Å². The smallest absolute Gasteiger partial charge is 0.175 e. The molecular formula is C15H13BrO2S. The van der Waals surface area contributed by atoms with Crippen LogP contribution < -0.4 is 0 Å². The lowest BCUT2D eigenvalue weighted by Crippen LogP contribution is -2.11. The Morgan fingerprint density at radius 2 is 1.84 bits per heavy atom. The summed E-state index contributed by atoms with van der Waals surface area (Å²) in [7, 11) is -1.30. The van der Waals surface area contributed by atoms with E-state index < -0.39 is 10.8 Å². The average molecular weight is 337 g/mol. The van der Waals surface area contributed by atoms with E-state index in [1.807, 2.05) is 37.3 Å². The van der Waals surface area contributed by atoms with E-state index in [0.29, 0.717) is 10.5 Å². The minimum atomic E-state index is -1.30. The van der Waals surface area contributed by atoms with Crippen LogP contribution >= 0.6 is 15.9 Å². The highest BCUT2D eigenvalue weighted by Gasteiger charge is 2.12. The third-order valence-corrected chi connectivity index (χ3v) is 4.53. The van der Waals surface area contributed by atoms with Crippen molar-refractivity contribution in [2.75, 3.05) is 5.75 Å². The van der Waals surface area contributed by atoms with Crippen molar-refractivity contribution in [2.45, 2.75) is 11.8 Å². The maximum Gasteiger partial charge on any atom is 0.175 e. The number of benzene rings is 2. The van der Waals surface area contributed by atoms with E-state index >= 15 is 0 Å². The van der Waals surface area contributed by atoms with Gasteiger partial charge in [0.1, 0.15) is 0 Å². The molecule has 2 nitrogen and oxygen atoms in total. The third kappa shape index (κ3) is 3.85. The molecular weight excluding hydrogens is 324 g/mol. The molecule has 0 fully saturated rings. The molecule has 0 aromatic heterocycles. The molecule has 0 bridgehead atoms. The lowest BCUT2D eigenvalue weighted by molar-refractivity contribution is 0.102. The molecule has 2 rings (SSSR count). The van der Waals surface area contributed by atoms with Gasteiger partial charge >= 0.3 is 0 Å². The van der Waals surface area contributed by atoms with Gasteiger partial charge in [-0.2, -0.15) is 0 Å². The van der Waals surface area contributed by atoms with Crippen LogP contribution in [-0.2, 0) is 10.8 Å². The molecule has 0 aliphatic heterocycles. The second-order valence-electron chi connectivity index (χ2n) is 4.24. The minimum Gasteiger partial charge on any atom is -0.293 e. The van der Waals surface area contributed by atoms with Crippen molar-refractivity contribution in [3.8, 4) is 0 Å². The monoisotopic (exact) mass is 336 g/mol. The SMILES string of the molecule is Cc1cccc(C(=O)CS(=O)c2ccc(Br)cc2)c1. The first kappa shape index (κ1) is 14.2. The lowest BCUT2D eigenvalue weighted by atomic mass is 10.1. The maximum absolute atomic E-state index is 12.1. The highest BCUT2D eigenvalue weighted by molar-refractivity contribution is 9.10. The number of hydrogen-bond acceptors (Lipinski definition) is 2. The van der Waals surface area contributed by atoms with Crippen LogP contribution in [0.1, 0.15) is 15.9 Å². The van der Waals surface area contributed by atoms with Gasteiger partial charge in [0.25, 0.3) is 0 Å². The van der Waals surface area contributed by atoms with Crippen LogP contribution in [0.4, 0.5) is 0 Å². The summed E-state index contributed by atoms with van der Waals surface area (Å²) in [5.74, 6) is -0.0737. The summed E-state index contributed by atoms with van der Waals surface area (Å²) in [6.45, 7) is 1.93. The highest BCUT2D eigenvalue weighted by atomic mass is 79.9. The number of halogens is 1. The topological polar surface area (TPSA) is 34.1 Å². The number of rotatable bonds is 4. The molecule has 2 aromatic rings.